The Bertz CT molecular complexity index is 450. The quantitative estimate of drug-likeness (QED) is 0.737. The molecule has 0 fully saturated rings. The molecule has 0 spiro atoms. The molecule has 6 heteroatoms. The van der Waals surface area contributed by atoms with Crippen molar-refractivity contribution in [2.75, 3.05) is 40.5 Å². The van der Waals surface area contributed by atoms with Gasteiger partial charge < -0.3 is 19.5 Å². The lowest BCUT2D eigenvalue weighted by atomic mass is 10.1. The van der Waals surface area contributed by atoms with Crippen LogP contribution in [0.15, 0.2) is 24.3 Å². The third-order valence-electron chi connectivity index (χ3n) is 3.04. The van der Waals surface area contributed by atoms with Gasteiger partial charge >= 0.3 is 5.97 Å². The van der Waals surface area contributed by atoms with Gasteiger partial charge in [-0.15, -0.1) is 0 Å². The summed E-state index contributed by atoms with van der Waals surface area (Å²) in [6.45, 7) is 1.94. The molecule has 0 atom stereocenters. The number of amides is 1. The van der Waals surface area contributed by atoms with Crippen LogP contribution < -0.4 is 0 Å². The first-order valence-corrected chi connectivity index (χ1v) is 6.66. The van der Waals surface area contributed by atoms with E-state index in [1.807, 2.05) is 0 Å². The van der Waals surface area contributed by atoms with Crippen molar-refractivity contribution < 1.29 is 24.2 Å². The maximum Gasteiger partial charge on any atom is 0.335 e. The molecule has 0 unspecified atom stereocenters. The second kappa shape index (κ2) is 9.10. The number of carbonyl (C=O) groups is 2. The number of aromatic carboxylic acids is 1. The van der Waals surface area contributed by atoms with Crippen LogP contribution in [0.5, 0.6) is 0 Å². The van der Waals surface area contributed by atoms with Gasteiger partial charge in [0.05, 0.1) is 25.2 Å². The first-order valence-electron chi connectivity index (χ1n) is 6.66. The van der Waals surface area contributed by atoms with Crippen LogP contribution in [-0.4, -0.2) is 62.4 Å². The fraction of sp³-hybridized carbons (Fsp3) is 0.467. The minimum absolute atomic E-state index is 0.0350. The van der Waals surface area contributed by atoms with Gasteiger partial charge in [-0.05, 0) is 17.7 Å². The molecule has 116 valence electrons. The number of carboxylic acid groups (broad SMARTS) is 1. The Morgan fingerprint density at radius 2 is 1.57 bits per heavy atom. The second-order valence-corrected chi connectivity index (χ2v) is 4.55. The predicted octanol–water partition coefficient (Wildman–Crippen LogP) is 1.05. The summed E-state index contributed by atoms with van der Waals surface area (Å²) in [5.41, 5.74) is 0.992. The van der Waals surface area contributed by atoms with Gasteiger partial charge in [-0.25, -0.2) is 4.79 Å². The van der Waals surface area contributed by atoms with Gasteiger partial charge in [-0.1, -0.05) is 12.1 Å². The van der Waals surface area contributed by atoms with Gasteiger partial charge in [0.15, 0.2) is 0 Å². The van der Waals surface area contributed by atoms with Gasteiger partial charge in [-0.3, -0.25) is 4.79 Å². The number of carboxylic acids is 1. The van der Waals surface area contributed by atoms with Crippen LogP contribution in [0.25, 0.3) is 0 Å². The molecular weight excluding hydrogens is 274 g/mol. The van der Waals surface area contributed by atoms with E-state index in [2.05, 4.69) is 0 Å². The van der Waals surface area contributed by atoms with Crippen LogP contribution in [-0.2, 0) is 20.7 Å². The predicted molar refractivity (Wildman–Crippen MR) is 77.4 cm³/mol. The van der Waals surface area contributed by atoms with Crippen molar-refractivity contribution in [2.24, 2.45) is 0 Å². The molecular formula is C15H21NO5. The maximum atomic E-state index is 12.2. The standard InChI is InChI=1S/C15H21NO5/c1-20-9-7-16(8-10-21-2)14(17)11-12-3-5-13(6-4-12)15(18)19/h3-6H,7-11H2,1-2H3,(H,18,19). The van der Waals surface area contributed by atoms with Crippen molar-refractivity contribution in [2.45, 2.75) is 6.42 Å². The maximum absolute atomic E-state index is 12.2. The Morgan fingerprint density at radius 3 is 2.00 bits per heavy atom. The monoisotopic (exact) mass is 295 g/mol. The van der Waals surface area contributed by atoms with Gasteiger partial charge in [-0.2, -0.15) is 0 Å². The largest absolute Gasteiger partial charge is 0.478 e. The van der Waals surface area contributed by atoms with E-state index in [-0.39, 0.29) is 17.9 Å². The van der Waals surface area contributed by atoms with Gasteiger partial charge in [0.1, 0.15) is 0 Å². The lowest BCUT2D eigenvalue weighted by Crippen LogP contribution is -2.37. The van der Waals surface area contributed by atoms with Crippen LogP contribution in [0, 0.1) is 0 Å². The molecule has 0 aliphatic rings. The SMILES string of the molecule is COCCN(CCOC)C(=O)Cc1ccc(C(=O)O)cc1. The zero-order chi connectivity index (χ0) is 15.7. The average Bonchev–Trinajstić information content (AvgIpc) is 2.47. The van der Waals surface area contributed by atoms with Crippen LogP contribution in [0.2, 0.25) is 0 Å². The lowest BCUT2D eigenvalue weighted by molar-refractivity contribution is -0.131. The van der Waals surface area contributed by atoms with Crippen molar-refractivity contribution in [1.82, 2.24) is 4.90 Å². The van der Waals surface area contributed by atoms with E-state index in [9.17, 15) is 9.59 Å². The number of hydrogen-bond acceptors (Lipinski definition) is 4. The number of nitrogens with zero attached hydrogens (tertiary/aromatic N) is 1. The van der Waals surface area contributed by atoms with E-state index in [0.29, 0.717) is 26.3 Å². The Labute approximate surface area is 124 Å². The Balaban J connectivity index is 2.64. The van der Waals surface area contributed by atoms with Crippen LogP contribution >= 0.6 is 0 Å². The molecule has 6 nitrogen and oxygen atoms in total. The Kier molecular flexibility index (Phi) is 7.42. The molecule has 21 heavy (non-hydrogen) atoms. The molecule has 1 aromatic rings. The van der Waals surface area contributed by atoms with Crippen LogP contribution in [0.4, 0.5) is 0 Å². The first-order chi connectivity index (χ1) is 10.1. The second-order valence-electron chi connectivity index (χ2n) is 4.55. The van der Waals surface area contributed by atoms with Crippen LogP contribution in [0.1, 0.15) is 15.9 Å². The normalized spacial score (nSPS) is 10.4. The topological polar surface area (TPSA) is 76.1 Å². The van der Waals surface area contributed by atoms with E-state index >= 15 is 0 Å². The highest BCUT2D eigenvalue weighted by molar-refractivity contribution is 5.87. The van der Waals surface area contributed by atoms with E-state index in [0.717, 1.165) is 5.56 Å². The Hall–Kier alpha value is -1.92. The van der Waals surface area contributed by atoms with Crippen molar-refractivity contribution in [3.63, 3.8) is 0 Å². The molecule has 0 heterocycles. The van der Waals surface area contributed by atoms with E-state index < -0.39 is 5.97 Å². The highest BCUT2D eigenvalue weighted by Crippen LogP contribution is 2.07. The fourth-order valence-corrected chi connectivity index (χ4v) is 1.82. The number of rotatable bonds is 9. The van der Waals surface area contributed by atoms with E-state index in [4.69, 9.17) is 14.6 Å². The third kappa shape index (κ3) is 5.93. The van der Waals surface area contributed by atoms with Gasteiger partial charge in [0, 0.05) is 27.3 Å². The van der Waals surface area contributed by atoms with Crippen molar-refractivity contribution in [3.05, 3.63) is 35.4 Å². The zero-order valence-electron chi connectivity index (χ0n) is 12.4. The fourth-order valence-electron chi connectivity index (χ4n) is 1.82. The summed E-state index contributed by atoms with van der Waals surface area (Å²) in [4.78, 5) is 24.7. The summed E-state index contributed by atoms with van der Waals surface area (Å²) < 4.78 is 9.99. The molecule has 0 aromatic heterocycles. The number of benzene rings is 1. The molecule has 0 saturated carbocycles. The van der Waals surface area contributed by atoms with Crippen molar-refractivity contribution in [1.29, 1.82) is 0 Å². The highest BCUT2D eigenvalue weighted by atomic mass is 16.5. The number of hydrogen-bond donors (Lipinski definition) is 1. The summed E-state index contributed by atoms with van der Waals surface area (Å²) in [7, 11) is 3.17. The van der Waals surface area contributed by atoms with Crippen molar-refractivity contribution >= 4 is 11.9 Å². The molecule has 1 aromatic carbocycles. The van der Waals surface area contributed by atoms with Gasteiger partial charge in [0.25, 0.3) is 0 Å². The van der Waals surface area contributed by atoms with Crippen molar-refractivity contribution in [3.8, 4) is 0 Å². The lowest BCUT2D eigenvalue weighted by Gasteiger charge is -2.22. The molecule has 1 N–H and O–H groups in total. The van der Waals surface area contributed by atoms with E-state index in [1.54, 1.807) is 31.3 Å². The third-order valence-corrected chi connectivity index (χ3v) is 3.04. The smallest absolute Gasteiger partial charge is 0.335 e. The zero-order valence-corrected chi connectivity index (χ0v) is 12.4. The number of ether oxygens (including phenoxy) is 2. The number of carbonyl (C=O) groups excluding carboxylic acids is 1. The minimum atomic E-state index is -0.977. The molecule has 0 radical (unpaired) electrons. The first kappa shape index (κ1) is 17.1. The highest BCUT2D eigenvalue weighted by Gasteiger charge is 2.14. The molecule has 1 rings (SSSR count). The minimum Gasteiger partial charge on any atom is -0.478 e. The van der Waals surface area contributed by atoms with E-state index in [1.165, 1.54) is 12.1 Å². The Morgan fingerprint density at radius 1 is 1.05 bits per heavy atom. The molecule has 1 amide bonds. The van der Waals surface area contributed by atoms with Crippen LogP contribution in [0.3, 0.4) is 0 Å². The summed E-state index contributed by atoms with van der Waals surface area (Å²) in [5, 5.41) is 8.84. The molecule has 0 bridgehead atoms. The summed E-state index contributed by atoms with van der Waals surface area (Å²) in [6.07, 6.45) is 0.229. The molecule has 0 saturated heterocycles. The molecule has 0 aliphatic carbocycles. The average molecular weight is 295 g/mol. The van der Waals surface area contributed by atoms with Gasteiger partial charge in [0.2, 0.25) is 5.91 Å². The summed E-state index contributed by atoms with van der Waals surface area (Å²) in [6, 6.07) is 6.32. The molecule has 0 aliphatic heterocycles. The number of methoxy groups -OCH3 is 2. The summed E-state index contributed by atoms with van der Waals surface area (Å²) >= 11 is 0. The summed E-state index contributed by atoms with van der Waals surface area (Å²) in [5.74, 6) is -1.01.